The van der Waals surface area contributed by atoms with Gasteiger partial charge in [-0.3, -0.25) is 0 Å². The molecule has 2 aromatic rings. The Hall–Kier alpha value is -3.30. The Kier molecular flexibility index (Phi) is 4.52. The van der Waals surface area contributed by atoms with Crippen LogP contribution < -0.4 is 0 Å². The van der Waals surface area contributed by atoms with Crippen LogP contribution >= 0.6 is 0 Å². The molecule has 1 heterocycles. The molecule has 0 saturated carbocycles. The van der Waals surface area contributed by atoms with E-state index < -0.39 is 0 Å². The van der Waals surface area contributed by atoms with Crippen molar-refractivity contribution in [2.45, 2.75) is 6.42 Å². The average molecular weight is 302 g/mol. The van der Waals surface area contributed by atoms with Crippen LogP contribution in [0.2, 0.25) is 0 Å². The second kappa shape index (κ2) is 7.11. The maximum atomic E-state index is 9.65. The van der Waals surface area contributed by atoms with E-state index in [1.165, 1.54) is 18.7 Å². The van der Waals surface area contributed by atoms with Crippen LogP contribution in [-0.2, 0) is 0 Å². The first kappa shape index (κ1) is 14.6. The first-order valence-corrected chi connectivity index (χ1v) is 7.11. The van der Waals surface area contributed by atoms with Crippen molar-refractivity contribution >= 4 is 11.9 Å². The molecule has 0 amide bonds. The van der Waals surface area contributed by atoms with Crippen molar-refractivity contribution < 1.29 is 5.11 Å². The van der Waals surface area contributed by atoms with E-state index in [1.807, 2.05) is 48.6 Å². The largest absolute Gasteiger partial charge is 0.504 e. The lowest BCUT2D eigenvalue weighted by atomic mass is 9.99. The topological polar surface area (TPSA) is 70.7 Å². The van der Waals surface area contributed by atoms with E-state index in [0.717, 1.165) is 23.3 Å². The number of nitrogens with zero attached hydrogens (tertiary/aromatic N) is 4. The number of aromatic nitrogens is 2. The summed E-state index contributed by atoms with van der Waals surface area (Å²) in [6.07, 6.45) is 10.7. The van der Waals surface area contributed by atoms with Crippen molar-refractivity contribution in [3.05, 3.63) is 83.6 Å². The molecule has 0 spiro atoms. The van der Waals surface area contributed by atoms with Crippen molar-refractivity contribution in [3.8, 4) is 5.75 Å². The number of aromatic hydroxyl groups is 1. The maximum Gasteiger partial charge on any atom is 0.161 e. The van der Waals surface area contributed by atoms with Gasteiger partial charge >= 0.3 is 0 Å². The summed E-state index contributed by atoms with van der Waals surface area (Å²) in [5.74, 6) is -0.0348. The van der Waals surface area contributed by atoms with E-state index in [1.54, 1.807) is 0 Å². The lowest BCUT2D eigenvalue weighted by Crippen LogP contribution is -2.04. The van der Waals surface area contributed by atoms with E-state index in [4.69, 9.17) is 0 Å². The van der Waals surface area contributed by atoms with Crippen LogP contribution in [0.5, 0.6) is 5.75 Å². The van der Waals surface area contributed by atoms with Gasteiger partial charge in [0.2, 0.25) is 0 Å². The van der Waals surface area contributed by atoms with E-state index >= 15 is 0 Å². The zero-order valence-electron chi connectivity index (χ0n) is 12.3. The number of hydrogen-bond acceptors (Lipinski definition) is 5. The van der Waals surface area contributed by atoms with Crippen LogP contribution in [0.4, 0.5) is 0 Å². The standard InChI is InChI=1S/C18H14N4O/c23-17-12-19-13-20-16(17)11-21-22-18(14-7-3-1-4-8-14)15-9-5-2-6-10-15/h1-8,11-13,23H,9H2/b21-11+,22-18-. The zero-order chi connectivity index (χ0) is 15.9. The van der Waals surface area contributed by atoms with Crippen molar-refractivity contribution in [2.75, 3.05) is 0 Å². The minimum Gasteiger partial charge on any atom is -0.504 e. The molecule has 1 aliphatic carbocycles. The molecule has 112 valence electrons. The predicted molar refractivity (Wildman–Crippen MR) is 89.6 cm³/mol. The number of hydrogen-bond donors (Lipinski definition) is 1. The van der Waals surface area contributed by atoms with Crippen LogP contribution in [0, 0.1) is 0 Å². The van der Waals surface area contributed by atoms with Crippen LogP contribution in [0.3, 0.4) is 0 Å². The highest BCUT2D eigenvalue weighted by atomic mass is 16.3. The number of rotatable bonds is 4. The van der Waals surface area contributed by atoms with Gasteiger partial charge in [0, 0.05) is 17.6 Å². The summed E-state index contributed by atoms with van der Waals surface area (Å²) in [5.41, 5.74) is 6.19. The van der Waals surface area contributed by atoms with Crippen molar-refractivity contribution in [1.29, 1.82) is 0 Å². The highest BCUT2D eigenvalue weighted by molar-refractivity contribution is 6.12. The summed E-state index contributed by atoms with van der Waals surface area (Å²) in [6.45, 7) is 0. The number of allylic oxidation sites excluding steroid dienone is 3. The highest BCUT2D eigenvalue weighted by Gasteiger charge is 2.09. The van der Waals surface area contributed by atoms with Gasteiger partial charge in [0.25, 0.3) is 0 Å². The molecule has 5 heteroatoms. The molecule has 0 radical (unpaired) electrons. The highest BCUT2D eigenvalue weighted by Crippen LogP contribution is 2.15. The van der Waals surface area contributed by atoms with Crippen LogP contribution in [0.25, 0.3) is 0 Å². The SMILES string of the molecule is Oc1cncnc1/C=N/N=C(\C1=C=CC=CC1)c1ccccc1. The Morgan fingerprint density at radius 3 is 2.87 bits per heavy atom. The summed E-state index contributed by atoms with van der Waals surface area (Å²) in [6, 6.07) is 9.81. The molecular weight excluding hydrogens is 288 g/mol. The third-order valence-electron chi connectivity index (χ3n) is 3.21. The van der Waals surface area contributed by atoms with E-state index in [-0.39, 0.29) is 5.75 Å². The van der Waals surface area contributed by atoms with Gasteiger partial charge in [0.15, 0.2) is 5.75 Å². The third kappa shape index (κ3) is 3.67. The molecule has 0 bridgehead atoms. The lowest BCUT2D eigenvalue weighted by molar-refractivity contribution is 0.468. The molecule has 23 heavy (non-hydrogen) atoms. The second-order valence-corrected chi connectivity index (χ2v) is 4.77. The van der Waals surface area contributed by atoms with Crippen molar-refractivity contribution in [3.63, 3.8) is 0 Å². The van der Waals surface area contributed by atoms with Gasteiger partial charge in [-0.25, -0.2) is 9.97 Å². The minimum atomic E-state index is -0.0348. The molecule has 1 aromatic heterocycles. The predicted octanol–water partition coefficient (Wildman–Crippen LogP) is 3.05. The fourth-order valence-corrected chi connectivity index (χ4v) is 2.09. The monoisotopic (exact) mass is 302 g/mol. The van der Waals surface area contributed by atoms with Gasteiger partial charge < -0.3 is 5.11 Å². The minimum absolute atomic E-state index is 0.0348. The van der Waals surface area contributed by atoms with Gasteiger partial charge in [0.05, 0.1) is 12.4 Å². The third-order valence-corrected chi connectivity index (χ3v) is 3.21. The first-order valence-electron chi connectivity index (χ1n) is 7.11. The van der Waals surface area contributed by atoms with E-state index in [0.29, 0.717) is 5.69 Å². The molecule has 0 unspecified atom stereocenters. The summed E-state index contributed by atoms with van der Waals surface area (Å²) >= 11 is 0. The molecule has 1 aliphatic rings. The van der Waals surface area contributed by atoms with Gasteiger partial charge in [-0.15, -0.1) is 10.8 Å². The Bertz CT molecular complexity index is 844. The Morgan fingerprint density at radius 1 is 1.26 bits per heavy atom. The molecule has 0 aliphatic heterocycles. The van der Waals surface area contributed by atoms with Crippen molar-refractivity contribution in [2.24, 2.45) is 10.2 Å². The van der Waals surface area contributed by atoms with Gasteiger partial charge in [-0.1, -0.05) is 42.5 Å². The smallest absolute Gasteiger partial charge is 0.161 e. The Morgan fingerprint density at radius 2 is 2.13 bits per heavy atom. The Labute approximate surface area is 133 Å². The summed E-state index contributed by atoms with van der Waals surface area (Å²) < 4.78 is 0. The molecule has 3 rings (SSSR count). The molecule has 0 saturated heterocycles. The summed E-state index contributed by atoms with van der Waals surface area (Å²) in [5, 5.41) is 18.0. The molecule has 1 N–H and O–H groups in total. The normalized spacial score (nSPS) is 14.3. The zero-order valence-corrected chi connectivity index (χ0v) is 12.3. The van der Waals surface area contributed by atoms with E-state index in [9.17, 15) is 5.11 Å². The molecule has 0 fully saturated rings. The van der Waals surface area contributed by atoms with Crippen LogP contribution in [0.15, 0.2) is 82.6 Å². The fourth-order valence-electron chi connectivity index (χ4n) is 2.09. The number of benzene rings is 1. The second-order valence-electron chi connectivity index (χ2n) is 4.77. The van der Waals surface area contributed by atoms with Crippen LogP contribution in [-0.4, -0.2) is 27.0 Å². The molecule has 5 nitrogen and oxygen atoms in total. The van der Waals surface area contributed by atoms with Gasteiger partial charge in [-0.2, -0.15) is 5.10 Å². The Balaban J connectivity index is 1.96. The fraction of sp³-hybridized carbons (Fsp3) is 0.0556. The molecular formula is C18H14N4O. The summed E-state index contributed by atoms with van der Waals surface area (Å²) in [4.78, 5) is 7.67. The average Bonchev–Trinajstić information content (AvgIpc) is 2.62. The maximum absolute atomic E-state index is 9.65. The van der Waals surface area contributed by atoms with Crippen LogP contribution in [0.1, 0.15) is 17.7 Å². The van der Waals surface area contributed by atoms with Crippen molar-refractivity contribution in [1.82, 2.24) is 9.97 Å². The van der Waals surface area contributed by atoms with Gasteiger partial charge in [-0.05, 0) is 6.08 Å². The van der Waals surface area contributed by atoms with Gasteiger partial charge in [0.1, 0.15) is 17.7 Å². The summed E-state index contributed by atoms with van der Waals surface area (Å²) in [7, 11) is 0. The first-order chi connectivity index (χ1) is 11.3. The lowest BCUT2D eigenvalue weighted by Gasteiger charge is -2.07. The van der Waals surface area contributed by atoms with E-state index in [2.05, 4.69) is 25.9 Å². The quantitative estimate of drug-likeness (QED) is 0.536. The molecule has 0 atom stereocenters. The molecule has 1 aromatic carbocycles.